The van der Waals surface area contributed by atoms with Crippen molar-refractivity contribution in [3.8, 4) is 11.5 Å². The molecule has 0 spiro atoms. The largest absolute Gasteiger partial charge is 0.490 e. The minimum absolute atomic E-state index is 0.197. The van der Waals surface area contributed by atoms with Crippen LogP contribution in [0.25, 0.3) is 0 Å². The number of ether oxygens (including phenoxy) is 3. The third kappa shape index (κ3) is 5.18. The van der Waals surface area contributed by atoms with E-state index < -0.39 is 0 Å². The normalized spacial score (nSPS) is 19.1. The maximum Gasteiger partial charge on any atom is 0.161 e. The summed E-state index contributed by atoms with van der Waals surface area (Å²) in [5, 5.41) is 3.46. The molecule has 1 heterocycles. The Morgan fingerprint density at radius 2 is 2.18 bits per heavy atom. The summed E-state index contributed by atoms with van der Waals surface area (Å²) < 4.78 is 17.3. The molecule has 1 aromatic carbocycles. The Morgan fingerprint density at radius 3 is 2.86 bits per heavy atom. The Labute approximate surface area is 134 Å². The van der Waals surface area contributed by atoms with E-state index in [1.807, 2.05) is 13.0 Å². The van der Waals surface area contributed by atoms with Crippen molar-refractivity contribution in [2.45, 2.75) is 58.8 Å². The van der Waals surface area contributed by atoms with Gasteiger partial charge in [0.15, 0.2) is 11.5 Å². The summed E-state index contributed by atoms with van der Waals surface area (Å²) in [5.74, 6) is 1.67. The van der Waals surface area contributed by atoms with Gasteiger partial charge in [0.25, 0.3) is 0 Å². The van der Waals surface area contributed by atoms with Gasteiger partial charge in [0.2, 0.25) is 0 Å². The van der Waals surface area contributed by atoms with E-state index in [4.69, 9.17) is 14.2 Å². The first-order valence-electron chi connectivity index (χ1n) is 8.47. The predicted molar refractivity (Wildman–Crippen MR) is 88.7 cm³/mol. The summed E-state index contributed by atoms with van der Waals surface area (Å²) in [4.78, 5) is 0. The Kier molecular flexibility index (Phi) is 7.00. The van der Waals surface area contributed by atoms with E-state index in [1.54, 1.807) is 0 Å². The quantitative estimate of drug-likeness (QED) is 0.757. The van der Waals surface area contributed by atoms with Crippen molar-refractivity contribution in [1.29, 1.82) is 0 Å². The molecule has 1 saturated heterocycles. The Balaban J connectivity index is 1.91. The lowest BCUT2D eigenvalue weighted by Crippen LogP contribution is -2.25. The maximum atomic E-state index is 5.92. The second-order valence-corrected chi connectivity index (χ2v) is 5.82. The van der Waals surface area contributed by atoms with Crippen LogP contribution >= 0.6 is 0 Å². The fourth-order valence-electron chi connectivity index (χ4n) is 2.51. The van der Waals surface area contributed by atoms with Crippen molar-refractivity contribution in [1.82, 2.24) is 5.32 Å². The third-order valence-electron chi connectivity index (χ3n) is 3.94. The predicted octanol–water partition coefficient (Wildman–Crippen LogP) is 3.53. The minimum Gasteiger partial charge on any atom is -0.490 e. The molecule has 0 aliphatic carbocycles. The SMILES string of the molecule is CCOc1cc(CNCC2CCCO2)ccc1OC(C)CC. The Bertz CT molecular complexity index is 444. The van der Waals surface area contributed by atoms with Crippen LogP contribution in [0.3, 0.4) is 0 Å². The highest BCUT2D eigenvalue weighted by Crippen LogP contribution is 2.29. The minimum atomic E-state index is 0.197. The molecule has 4 heteroatoms. The number of hydrogen-bond acceptors (Lipinski definition) is 4. The molecule has 0 amide bonds. The molecule has 1 aliphatic rings. The number of hydrogen-bond donors (Lipinski definition) is 1. The lowest BCUT2D eigenvalue weighted by molar-refractivity contribution is 0.110. The molecule has 4 nitrogen and oxygen atoms in total. The molecular formula is C18H29NO3. The van der Waals surface area contributed by atoms with Crippen molar-refractivity contribution in [3.05, 3.63) is 23.8 Å². The number of rotatable bonds is 9. The standard InChI is InChI=1S/C18H29NO3/c1-4-14(3)22-17-9-8-15(11-18(17)20-5-2)12-19-13-16-7-6-10-21-16/h8-9,11,14,16,19H,4-7,10,12-13H2,1-3H3. The van der Waals surface area contributed by atoms with Crippen LogP contribution < -0.4 is 14.8 Å². The highest BCUT2D eigenvalue weighted by molar-refractivity contribution is 5.43. The van der Waals surface area contributed by atoms with Gasteiger partial charge in [-0.2, -0.15) is 0 Å². The molecule has 0 radical (unpaired) electrons. The van der Waals surface area contributed by atoms with Crippen LogP contribution in [0, 0.1) is 0 Å². The molecule has 0 bridgehead atoms. The van der Waals surface area contributed by atoms with E-state index in [0.717, 1.165) is 37.6 Å². The molecule has 2 atom stereocenters. The molecule has 1 N–H and O–H groups in total. The summed E-state index contributed by atoms with van der Waals surface area (Å²) in [7, 11) is 0. The van der Waals surface area contributed by atoms with Crippen molar-refractivity contribution < 1.29 is 14.2 Å². The zero-order valence-electron chi connectivity index (χ0n) is 14.1. The van der Waals surface area contributed by atoms with Crippen LogP contribution in [-0.4, -0.2) is 32.0 Å². The molecule has 1 fully saturated rings. The zero-order chi connectivity index (χ0) is 15.8. The van der Waals surface area contributed by atoms with Crippen LogP contribution in [0.4, 0.5) is 0 Å². The molecule has 2 unspecified atom stereocenters. The second-order valence-electron chi connectivity index (χ2n) is 5.82. The van der Waals surface area contributed by atoms with Gasteiger partial charge in [-0.1, -0.05) is 13.0 Å². The van der Waals surface area contributed by atoms with Crippen molar-refractivity contribution >= 4 is 0 Å². The van der Waals surface area contributed by atoms with E-state index in [0.29, 0.717) is 12.7 Å². The van der Waals surface area contributed by atoms with Crippen LogP contribution in [0.2, 0.25) is 0 Å². The fraction of sp³-hybridized carbons (Fsp3) is 0.667. The van der Waals surface area contributed by atoms with Crippen LogP contribution in [0.5, 0.6) is 11.5 Å². The summed E-state index contributed by atoms with van der Waals surface area (Å²) >= 11 is 0. The molecule has 0 saturated carbocycles. The number of nitrogens with one attached hydrogen (secondary N) is 1. The van der Waals surface area contributed by atoms with Gasteiger partial charge in [-0.3, -0.25) is 0 Å². The van der Waals surface area contributed by atoms with E-state index in [1.165, 1.54) is 18.4 Å². The smallest absolute Gasteiger partial charge is 0.161 e. The molecule has 0 aromatic heterocycles. The third-order valence-corrected chi connectivity index (χ3v) is 3.94. The van der Waals surface area contributed by atoms with Gasteiger partial charge in [0, 0.05) is 19.7 Å². The first-order valence-corrected chi connectivity index (χ1v) is 8.47. The summed E-state index contributed by atoms with van der Waals surface area (Å²) in [6.45, 7) is 9.47. The van der Waals surface area contributed by atoms with Crippen molar-refractivity contribution in [2.24, 2.45) is 0 Å². The Hall–Kier alpha value is -1.26. The van der Waals surface area contributed by atoms with Crippen molar-refractivity contribution in [2.75, 3.05) is 19.8 Å². The van der Waals surface area contributed by atoms with Crippen LogP contribution in [-0.2, 0) is 11.3 Å². The highest BCUT2D eigenvalue weighted by atomic mass is 16.5. The van der Waals surface area contributed by atoms with E-state index in [-0.39, 0.29) is 6.10 Å². The zero-order valence-corrected chi connectivity index (χ0v) is 14.1. The molecule has 124 valence electrons. The van der Waals surface area contributed by atoms with Gasteiger partial charge in [0.1, 0.15) is 0 Å². The summed E-state index contributed by atoms with van der Waals surface area (Å²) in [6.07, 6.45) is 3.90. The average Bonchev–Trinajstić information content (AvgIpc) is 3.03. The van der Waals surface area contributed by atoms with E-state index >= 15 is 0 Å². The lowest BCUT2D eigenvalue weighted by atomic mass is 10.2. The van der Waals surface area contributed by atoms with Gasteiger partial charge < -0.3 is 19.5 Å². The highest BCUT2D eigenvalue weighted by Gasteiger charge is 2.15. The molecule has 1 aliphatic heterocycles. The molecule has 22 heavy (non-hydrogen) atoms. The molecular weight excluding hydrogens is 278 g/mol. The molecule has 2 rings (SSSR count). The fourth-order valence-corrected chi connectivity index (χ4v) is 2.51. The summed E-state index contributed by atoms with van der Waals surface area (Å²) in [6, 6.07) is 6.19. The first kappa shape index (κ1) is 17.1. The van der Waals surface area contributed by atoms with Gasteiger partial charge in [-0.15, -0.1) is 0 Å². The van der Waals surface area contributed by atoms with E-state index in [2.05, 4.69) is 31.3 Å². The van der Waals surface area contributed by atoms with E-state index in [9.17, 15) is 0 Å². The van der Waals surface area contributed by atoms with Gasteiger partial charge in [0.05, 0.1) is 18.8 Å². The van der Waals surface area contributed by atoms with Gasteiger partial charge in [-0.05, 0) is 50.8 Å². The maximum absolute atomic E-state index is 5.92. The average molecular weight is 307 g/mol. The van der Waals surface area contributed by atoms with Gasteiger partial charge >= 0.3 is 0 Å². The second kappa shape index (κ2) is 9.01. The molecule has 1 aromatic rings. The number of benzene rings is 1. The van der Waals surface area contributed by atoms with Crippen molar-refractivity contribution in [3.63, 3.8) is 0 Å². The van der Waals surface area contributed by atoms with Gasteiger partial charge in [-0.25, -0.2) is 0 Å². The monoisotopic (exact) mass is 307 g/mol. The first-order chi connectivity index (χ1) is 10.7. The van der Waals surface area contributed by atoms with Crippen LogP contribution in [0.1, 0.15) is 45.6 Å². The lowest BCUT2D eigenvalue weighted by Gasteiger charge is -2.17. The van der Waals surface area contributed by atoms with Crippen LogP contribution in [0.15, 0.2) is 18.2 Å². The summed E-state index contributed by atoms with van der Waals surface area (Å²) in [5.41, 5.74) is 1.21. The Morgan fingerprint density at radius 1 is 1.32 bits per heavy atom. The topological polar surface area (TPSA) is 39.7 Å².